The molecule has 1 amide bonds. The molecule has 1 aliphatic carbocycles. The first kappa shape index (κ1) is 17.4. The van der Waals surface area contributed by atoms with Crippen molar-refractivity contribution in [1.29, 1.82) is 0 Å². The Morgan fingerprint density at radius 2 is 2.09 bits per heavy atom. The predicted molar refractivity (Wildman–Crippen MR) is 89.0 cm³/mol. The zero-order valence-corrected chi connectivity index (χ0v) is 14.8. The maximum Gasteiger partial charge on any atom is 0.238 e. The normalized spacial score (nSPS) is 18.1. The lowest BCUT2D eigenvalue weighted by atomic mass is 9.87. The van der Waals surface area contributed by atoms with Crippen LogP contribution in [0.2, 0.25) is 0 Å². The van der Waals surface area contributed by atoms with Crippen molar-refractivity contribution in [1.82, 2.24) is 10.3 Å². The number of sulfone groups is 1. The van der Waals surface area contributed by atoms with E-state index in [2.05, 4.69) is 15.7 Å². The van der Waals surface area contributed by atoms with Crippen molar-refractivity contribution in [3.63, 3.8) is 0 Å². The van der Waals surface area contributed by atoms with Crippen LogP contribution in [0.1, 0.15) is 55.6 Å². The molecule has 1 heterocycles. The molecule has 0 radical (unpaired) electrons. The molecule has 5 nitrogen and oxygen atoms in total. The first-order valence-corrected chi connectivity index (χ1v) is 10.6. The number of thiazole rings is 1. The van der Waals surface area contributed by atoms with Gasteiger partial charge in [-0.25, -0.2) is 13.4 Å². The van der Waals surface area contributed by atoms with Crippen LogP contribution in [0.25, 0.3) is 0 Å². The van der Waals surface area contributed by atoms with Crippen LogP contribution < -0.4 is 5.32 Å². The van der Waals surface area contributed by atoms with Crippen LogP contribution in [0.5, 0.6) is 0 Å². The second-order valence-electron chi connectivity index (χ2n) is 6.01. The quantitative estimate of drug-likeness (QED) is 0.859. The van der Waals surface area contributed by atoms with Gasteiger partial charge in [0, 0.05) is 30.5 Å². The average molecular weight is 345 g/mol. The molecule has 0 bridgehead atoms. The van der Waals surface area contributed by atoms with Gasteiger partial charge < -0.3 is 5.32 Å². The average Bonchev–Trinajstić information content (AvgIpc) is 2.95. The highest BCUT2D eigenvalue weighted by molar-refractivity contribution is 7.92. The van der Waals surface area contributed by atoms with Gasteiger partial charge in [0.05, 0.1) is 10.7 Å². The first-order chi connectivity index (χ1) is 10.4. The molecule has 0 saturated heterocycles. The van der Waals surface area contributed by atoms with E-state index in [0.717, 1.165) is 11.3 Å². The zero-order valence-electron chi connectivity index (χ0n) is 13.2. The second-order valence-corrected chi connectivity index (χ2v) is 9.32. The Balaban J connectivity index is 1.80. The van der Waals surface area contributed by atoms with Gasteiger partial charge in [0.15, 0.2) is 9.84 Å². The van der Waals surface area contributed by atoms with E-state index in [0.29, 0.717) is 18.9 Å². The number of hydrogen-bond donors (Lipinski definition) is 1. The van der Waals surface area contributed by atoms with Gasteiger partial charge in [-0.15, -0.1) is 11.3 Å². The molecule has 1 unspecified atom stereocenters. The molecular weight excluding hydrogens is 320 g/mol. The van der Waals surface area contributed by atoms with Gasteiger partial charge >= 0.3 is 0 Å². The molecule has 1 aromatic heterocycles. The summed E-state index contributed by atoms with van der Waals surface area (Å²) >= 11 is 1.63. The highest BCUT2D eigenvalue weighted by Crippen LogP contribution is 2.33. The van der Waals surface area contributed by atoms with Gasteiger partial charge in [-0.2, -0.15) is 0 Å². The molecular formula is C15H24N2O3S2. The van der Waals surface area contributed by atoms with E-state index < -0.39 is 21.0 Å². The van der Waals surface area contributed by atoms with Gasteiger partial charge in [-0.1, -0.05) is 19.3 Å². The summed E-state index contributed by atoms with van der Waals surface area (Å²) in [6.07, 6.45) is 8.09. The molecule has 0 spiro atoms. The number of aromatic nitrogens is 1. The van der Waals surface area contributed by atoms with Crippen molar-refractivity contribution in [2.24, 2.45) is 0 Å². The van der Waals surface area contributed by atoms with Crippen molar-refractivity contribution >= 4 is 27.1 Å². The minimum Gasteiger partial charge on any atom is -0.355 e. The maximum atomic E-state index is 11.7. The van der Waals surface area contributed by atoms with Gasteiger partial charge in [0.2, 0.25) is 5.91 Å². The van der Waals surface area contributed by atoms with E-state index in [-0.39, 0.29) is 0 Å². The lowest BCUT2D eigenvalue weighted by Gasteiger charge is -2.19. The topological polar surface area (TPSA) is 76.1 Å². The van der Waals surface area contributed by atoms with Crippen molar-refractivity contribution in [2.45, 2.75) is 56.6 Å². The number of amides is 1. The summed E-state index contributed by atoms with van der Waals surface area (Å²) in [6.45, 7) is 1.84. The van der Waals surface area contributed by atoms with Crippen molar-refractivity contribution in [2.75, 3.05) is 12.8 Å². The standard InChI is InChI=1S/C15H24N2O3S2/c1-11(22(2,19)20)15(18)16-9-8-14-17-13(10-21-14)12-6-4-3-5-7-12/h10-12H,3-9H2,1-2H3,(H,16,18). The number of carbonyl (C=O) groups is 1. The molecule has 1 saturated carbocycles. The van der Waals surface area contributed by atoms with Crippen LogP contribution in [0.15, 0.2) is 5.38 Å². The van der Waals surface area contributed by atoms with Gasteiger partial charge in [0.25, 0.3) is 0 Å². The Hall–Kier alpha value is -0.950. The van der Waals surface area contributed by atoms with Crippen LogP contribution in [-0.4, -0.2) is 37.4 Å². The van der Waals surface area contributed by atoms with Crippen LogP contribution in [-0.2, 0) is 21.1 Å². The Labute approximate surface area is 136 Å². The highest BCUT2D eigenvalue weighted by atomic mass is 32.2. The zero-order chi connectivity index (χ0) is 16.2. The Kier molecular flexibility index (Phi) is 5.97. The fraction of sp³-hybridized carbons (Fsp3) is 0.733. The molecule has 0 aliphatic heterocycles. The van der Waals surface area contributed by atoms with Crippen LogP contribution >= 0.6 is 11.3 Å². The number of carbonyl (C=O) groups excluding carboxylic acids is 1. The van der Waals surface area contributed by atoms with Gasteiger partial charge in [-0.3, -0.25) is 4.79 Å². The molecule has 1 N–H and O–H groups in total. The van der Waals surface area contributed by atoms with Crippen LogP contribution in [0, 0.1) is 0 Å². The molecule has 7 heteroatoms. The summed E-state index contributed by atoms with van der Waals surface area (Å²) in [4.78, 5) is 16.4. The number of hydrogen-bond acceptors (Lipinski definition) is 5. The lowest BCUT2D eigenvalue weighted by Crippen LogP contribution is -2.38. The Morgan fingerprint density at radius 3 is 2.73 bits per heavy atom. The molecule has 1 atom stereocenters. The Bertz CT molecular complexity index is 604. The fourth-order valence-electron chi connectivity index (χ4n) is 2.66. The maximum absolute atomic E-state index is 11.7. The molecule has 124 valence electrons. The van der Waals surface area contributed by atoms with Crippen LogP contribution in [0.3, 0.4) is 0 Å². The van der Waals surface area contributed by atoms with Crippen molar-refractivity contribution in [3.8, 4) is 0 Å². The van der Waals surface area contributed by atoms with Gasteiger partial charge in [0.1, 0.15) is 5.25 Å². The summed E-state index contributed by atoms with van der Waals surface area (Å²) in [6, 6.07) is 0. The van der Waals surface area contributed by atoms with E-state index in [9.17, 15) is 13.2 Å². The largest absolute Gasteiger partial charge is 0.355 e. The number of nitrogens with zero attached hydrogens (tertiary/aromatic N) is 1. The van der Waals surface area contributed by atoms with E-state index >= 15 is 0 Å². The Morgan fingerprint density at radius 1 is 1.41 bits per heavy atom. The molecule has 1 fully saturated rings. The van der Waals surface area contributed by atoms with E-state index in [1.165, 1.54) is 44.7 Å². The van der Waals surface area contributed by atoms with Crippen molar-refractivity contribution in [3.05, 3.63) is 16.1 Å². The molecule has 1 aromatic rings. The summed E-state index contributed by atoms with van der Waals surface area (Å²) in [5, 5.41) is 4.81. The molecule has 0 aromatic carbocycles. The highest BCUT2D eigenvalue weighted by Gasteiger charge is 2.23. The minimum atomic E-state index is -3.33. The lowest BCUT2D eigenvalue weighted by molar-refractivity contribution is -0.120. The van der Waals surface area contributed by atoms with Crippen molar-refractivity contribution < 1.29 is 13.2 Å². The van der Waals surface area contributed by atoms with Gasteiger partial charge in [-0.05, 0) is 19.8 Å². The molecule has 22 heavy (non-hydrogen) atoms. The first-order valence-electron chi connectivity index (χ1n) is 7.79. The molecule has 2 rings (SSSR count). The summed E-state index contributed by atoms with van der Waals surface area (Å²) in [7, 11) is -3.33. The number of rotatable bonds is 6. The van der Waals surface area contributed by atoms with Crippen LogP contribution in [0.4, 0.5) is 0 Å². The van der Waals surface area contributed by atoms with E-state index in [1.54, 1.807) is 11.3 Å². The summed E-state index contributed by atoms with van der Waals surface area (Å²) in [5.74, 6) is 0.158. The van der Waals surface area contributed by atoms with E-state index in [1.807, 2.05) is 0 Å². The third-order valence-electron chi connectivity index (χ3n) is 4.24. The monoisotopic (exact) mass is 344 g/mol. The summed E-state index contributed by atoms with van der Waals surface area (Å²) < 4.78 is 22.6. The third kappa shape index (κ3) is 4.78. The fourth-order valence-corrected chi connectivity index (χ4v) is 4.01. The number of nitrogens with one attached hydrogen (secondary N) is 1. The molecule has 1 aliphatic rings. The smallest absolute Gasteiger partial charge is 0.238 e. The minimum absolute atomic E-state index is 0.427. The predicted octanol–water partition coefficient (Wildman–Crippen LogP) is 2.28. The summed E-state index contributed by atoms with van der Waals surface area (Å²) in [5.41, 5.74) is 1.19. The van der Waals surface area contributed by atoms with E-state index in [4.69, 9.17) is 0 Å². The third-order valence-corrected chi connectivity index (χ3v) is 6.67. The SMILES string of the molecule is CC(C(=O)NCCc1nc(C2CCCCC2)cs1)S(C)(=O)=O. The second kappa shape index (κ2) is 7.55.